The number of benzene rings is 2. The minimum atomic E-state index is -1.20. The van der Waals surface area contributed by atoms with E-state index < -0.39 is 5.67 Å². The summed E-state index contributed by atoms with van der Waals surface area (Å²) in [5.41, 5.74) is 2.69. The molecule has 2 aromatic carbocycles. The van der Waals surface area contributed by atoms with Crippen LogP contribution in [0.5, 0.6) is 11.5 Å². The van der Waals surface area contributed by atoms with E-state index in [0.29, 0.717) is 17.8 Å². The Kier molecular flexibility index (Phi) is 6.60. The summed E-state index contributed by atoms with van der Waals surface area (Å²) < 4.78 is 26.5. The summed E-state index contributed by atoms with van der Waals surface area (Å²) in [4.78, 5) is 0. The van der Waals surface area contributed by atoms with Crippen LogP contribution in [0.2, 0.25) is 0 Å². The van der Waals surface area contributed by atoms with Gasteiger partial charge in [-0.1, -0.05) is 18.2 Å². The van der Waals surface area contributed by atoms with Gasteiger partial charge in [-0.05, 0) is 118 Å². The number of halogens is 1. The fourth-order valence-electron chi connectivity index (χ4n) is 5.50. The van der Waals surface area contributed by atoms with Gasteiger partial charge < -0.3 is 9.47 Å². The SMILES string of the molecule is COc1ccc(C)c(C2CCC(COc3cccc(C(C4CC4)C(C)(C)F)c3)CC2)c1. The maximum atomic E-state index is 14.8. The molecule has 2 aromatic rings. The van der Waals surface area contributed by atoms with Crippen LogP contribution in [-0.4, -0.2) is 19.4 Å². The average Bonchev–Trinajstić information content (AvgIpc) is 3.57. The standard InChI is InChI=1S/C28H37FO2/c1-19-8-15-24(30-4)17-26(19)21-11-9-20(10-12-21)18-31-25-7-5-6-23(16-25)27(22-13-14-22)28(2,3)29/h5-8,15-17,20-22,27H,9-14,18H2,1-4H3. The van der Waals surface area contributed by atoms with Crippen molar-refractivity contribution in [2.24, 2.45) is 11.8 Å². The van der Waals surface area contributed by atoms with Crippen LogP contribution in [0.15, 0.2) is 42.5 Å². The van der Waals surface area contributed by atoms with E-state index in [2.05, 4.69) is 31.2 Å². The van der Waals surface area contributed by atoms with Crippen LogP contribution >= 0.6 is 0 Å². The highest BCUT2D eigenvalue weighted by atomic mass is 19.1. The molecule has 2 nitrogen and oxygen atoms in total. The largest absolute Gasteiger partial charge is 0.497 e. The van der Waals surface area contributed by atoms with Gasteiger partial charge in [-0.25, -0.2) is 4.39 Å². The Morgan fingerprint density at radius 3 is 2.35 bits per heavy atom. The molecule has 4 rings (SSSR count). The lowest BCUT2D eigenvalue weighted by molar-refractivity contribution is 0.157. The third-order valence-corrected chi connectivity index (χ3v) is 7.31. The maximum absolute atomic E-state index is 14.8. The second kappa shape index (κ2) is 9.22. The second-order valence-electron chi connectivity index (χ2n) is 10.2. The molecule has 0 aromatic heterocycles. The van der Waals surface area contributed by atoms with Crippen molar-refractivity contribution >= 4 is 0 Å². The van der Waals surface area contributed by atoms with Crippen LogP contribution in [0, 0.1) is 18.8 Å². The van der Waals surface area contributed by atoms with Gasteiger partial charge >= 0.3 is 0 Å². The molecule has 0 heterocycles. The van der Waals surface area contributed by atoms with Crippen molar-refractivity contribution in [1.29, 1.82) is 0 Å². The predicted molar refractivity (Wildman–Crippen MR) is 125 cm³/mol. The van der Waals surface area contributed by atoms with Gasteiger partial charge in [0.2, 0.25) is 0 Å². The molecule has 168 valence electrons. The molecule has 1 unspecified atom stereocenters. The number of hydrogen-bond donors (Lipinski definition) is 0. The molecule has 0 saturated heterocycles. The van der Waals surface area contributed by atoms with Crippen LogP contribution in [0.25, 0.3) is 0 Å². The molecule has 3 heteroatoms. The smallest absolute Gasteiger partial charge is 0.119 e. The number of aryl methyl sites for hydroxylation is 1. The van der Waals surface area contributed by atoms with Gasteiger partial charge in [0, 0.05) is 5.92 Å². The molecule has 2 aliphatic rings. The molecule has 1 atom stereocenters. The lowest BCUT2D eigenvalue weighted by Crippen LogP contribution is -2.25. The highest BCUT2D eigenvalue weighted by Gasteiger charge is 2.42. The van der Waals surface area contributed by atoms with Crippen LogP contribution in [-0.2, 0) is 0 Å². The topological polar surface area (TPSA) is 18.5 Å². The summed E-state index contributed by atoms with van der Waals surface area (Å²) in [6, 6.07) is 14.6. The van der Waals surface area contributed by atoms with E-state index >= 15 is 0 Å². The van der Waals surface area contributed by atoms with Crippen LogP contribution in [0.1, 0.15) is 80.9 Å². The predicted octanol–water partition coefficient (Wildman–Crippen LogP) is 7.60. The van der Waals surface area contributed by atoms with Gasteiger partial charge in [-0.15, -0.1) is 0 Å². The van der Waals surface area contributed by atoms with Gasteiger partial charge in [0.05, 0.1) is 13.7 Å². The first-order valence-electron chi connectivity index (χ1n) is 11.9. The van der Waals surface area contributed by atoms with E-state index in [9.17, 15) is 4.39 Å². The minimum Gasteiger partial charge on any atom is -0.497 e. The summed E-state index contributed by atoms with van der Waals surface area (Å²) in [5, 5.41) is 0. The molecule has 0 amide bonds. The fourth-order valence-corrected chi connectivity index (χ4v) is 5.50. The molecule has 2 aliphatic carbocycles. The first-order valence-corrected chi connectivity index (χ1v) is 11.9. The average molecular weight is 425 g/mol. The third kappa shape index (κ3) is 5.42. The Morgan fingerprint density at radius 1 is 0.968 bits per heavy atom. The molecule has 31 heavy (non-hydrogen) atoms. The van der Waals surface area contributed by atoms with Gasteiger partial charge in [0.25, 0.3) is 0 Å². The Labute approximate surface area is 187 Å². The van der Waals surface area contributed by atoms with Gasteiger partial charge in [0.15, 0.2) is 0 Å². The number of alkyl halides is 1. The zero-order valence-corrected chi connectivity index (χ0v) is 19.5. The summed E-state index contributed by atoms with van der Waals surface area (Å²) in [5.74, 6) is 3.48. The molecule has 0 aliphatic heterocycles. The first-order chi connectivity index (χ1) is 14.8. The van der Waals surface area contributed by atoms with Crippen molar-refractivity contribution < 1.29 is 13.9 Å². The normalized spacial score (nSPS) is 22.7. The molecule has 0 radical (unpaired) electrons. The molecular weight excluding hydrogens is 387 g/mol. The lowest BCUT2D eigenvalue weighted by Gasteiger charge is -2.30. The number of rotatable bonds is 8. The Hall–Kier alpha value is -2.03. The summed E-state index contributed by atoms with van der Waals surface area (Å²) in [6.45, 7) is 6.38. The second-order valence-corrected chi connectivity index (χ2v) is 10.2. The highest BCUT2D eigenvalue weighted by Crippen LogP contribution is 2.50. The Morgan fingerprint density at radius 2 is 1.71 bits per heavy atom. The zero-order valence-electron chi connectivity index (χ0n) is 19.5. The Bertz CT molecular complexity index is 873. The van der Waals surface area contributed by atoms with Crippen molar-refractivity contribution in [2.45, 2.75) is 76.8 Å². The van der Waals surface area contributed by atoms with Crippen molar-refractivity contribution in [3.05, 3.63) is 59.2 Å². The minimum absolute atomic E-state index is 0.0300. The quantitative estimate of drug-likeness (QED) is 0.434. The molecule has 0 N–H and O–H groups in total. The van der Waals surface area contributed by atoms with E-state index in [4.69, 9.17) is 9.47 Å². The van der Waals surface area contributed by atoms with E-state index in [1.54, 1.807) is 21.0 Å². The number of ether oxygens (including phenoxy) is 2. The van der Waals surface area contributed by atoms with E-state index in [1.807, 2.05) is 18.2 Å². The van der Waals surface area contributed by atoms with Gasteiger partial charge in [0.1, 0.15) is 17.2 Å². The van der Waals surface area contributed by atoms with Gasteiger partial charge in [-0.2, -0.15) is 0 Å². The van der Waals surface area contributed by atoms with Crippen LogP contribution in [0.3, 0.4) is 0 Å². The number of methoxy groups -OCH3 is 1. The fraction of sp³-hybridized carbons (Fsp3) is 0.571. The molecule has 0 spiro atoms. The summed E-state index contributed by atoms with van der Waals surface area (Å²) >= 11 is 0. The molecular formula is C28H37FO2. The monoisotopic (exact) mass is 424 g/mol. The van der Waals surface area contributed by atoms with E-state index in [-0.39, 0.29) is 5.92 Å². The maximum Gasteiger partial charge on any atom is 0.119 e. The Balaban J connectivity index is 1.33. The molecule has 2 saturated carbocycles. The zero-order chi connectivity index (χ0) is 22.0. The first kappa shape index (κ1) is 22.2. The van der Waals surface area contributed by atoms with Crippen LogP contribution < -0.4 is 9.47 Å². The summed E-state index contributed by atoms with van der Waals surface area (Å²) in [7, 11) is 1.74. The van der Waals surface area contributed by atoms with Crippen molar-refractivity contribution in [3.63, 3.8) is 0 Å². The van der Waals surface area contributed by atoms with E-state index in [1.165, 1.54) is 36.8 Å². The highest BCUT2D eigenvalue weighted by molar-refractivity contribution is 5.37. The lowest BCUT2D eigenvalue weighted by atomic mass is 9.78. The van der Waals surface area contributed by atoms with Crippen molar-refractivity contribution in [2.75, 3.05) is 13.7 Å². The van der Waals surface area contributed by atoms with Crippen molar-refractivity contribution in [3.8, 4) is 11.5 Å². The van der Waals surface area contributed by atoms with Crippen LogP contribution in [0.4, 0.5) is 4.39 Å². The van der Waals surface area contributed by atoms with Gasteiger partial charge in [-0.3, -0.25) is 0 Å². The van der Waals surface area contributed by atoms with Crippen molar-refractivity contribution in [1.82, 2.24) is 0 Å². The molecule has 0 bridgehead atoms. The molecule has 2 fully saturated rings. The summed E-state index contributed by atoms with van der Waals surface area (Å²) in [6.07, 6.45) is 7.04. The number of hydrogen-bond acceptors (Lipinski definition) is 2. The van der Waals surface area contributed by atoms with E-state index in [0.717, 1.165) is 36.5 Å². The third-order valence-electron chi connectivity index (χ3n) is 7.31.